The number of H-pyrrole nitrogens is 1. The molecule has 3 rings (SSSR count). The first-order valence-electron chi connectivity index (χ1n) is 7.03. The highest BCUT2D eigenvalue weighted by molar-refractivity contribution is 5.87. The molecule has 2 heteroatoms. The predicted molar refractivity (Wildman–Crippen MR) is 77.1 cm³/mol. The first-order valence-corrected chi connectivity index (χ1v) is 7.03. The Labute approximate surface area is 109 Å². The van der Waals surface area contributed by atoms with E-state index in [4.69, 9.17) is 0 Å². The van der Waals surface area contributed by atoms with Crippen LogP contribution in [0.3, 0.4) is 0 Å². The number of hydrogen-bond donors (Lipinski definition) is 2. The van der Waals surface area contributed by atoms with Crippen LogP contribution in [0.25, 0.3) is 10.9 Å². The zero-order valence-electron chi connectivity index (χ0n) is 11.3. The van der Waals surface area contributed by atoms with E-state index >= 15 is 0 Å². The molecule has 1 aliphatic heterocycles. The fourth-order valence-electron chi connectivity index (χ4n) is 3.11. The van der Waals surface area contributed by atoms with Gasteiger partial charge in [-0.1, -0.05) is 18.2 Å². The van der Waals surface area contributed by atoms with Gasteiger partial charge in [0.05, 0.1) is 0 Å². The van der Waals surface area contributed by atoms with Crippen LogP contribution in [0.2, 0.25) is 0 Å². The number of fused-ring (bicyclic) bond motifs is 1. The van der Waals surface area contributed by atoms with E-state index in [1.54, 1.807) is 0 Å². The average Bonchev–Trinajstić information content (AvgIpc) is 2.69. The number of nitrogens with one attached hydrogen (secondary N) is 2. The van der Waals surface area contributed by atoms with E-state index in [1.165, 1.54) is 60.1 Å². The molecule has 1 aliphatic rings. The summed E-state index contributed by atoms with van der Waals surface area (Å²) >= 11 is 0. The van der Waals surface area contributed by atoms with E-state index in [-0.39, 0.29) is 0 Å². The Morgan fingerprint density at radius 2 is 1.94 bits per heavy atom. The van der Waals surface area contributed by atoms with Crippen molar-refractivity contribution in [1.29, 1.82) is 0 Å². The number of para-hydroxylation sites is 1. The molecule has 18 heavy (non-hydrogen) atoms. The normalized spacial score (nSPS) is 17.4. The molecule has 1 saturated heterocycles. The summed E-state index contributed by atoms with van der Waals surface area (Å²) in [4.78, 5) is 3.57. The molecule has 0 aliphatic carbocycles. The summed E-state index contributed by atoms with van der Waals surface area (Å²) in [6.07, 6.45) is 3.85. The molecule has 0 saturated carbocycles. The molecule has 96 valence electrons. The quantitative estimate of drug-likeness (QED) is 0.830. The molecular formula is C16H22N2. The predicted octanol–water partition coefficient (Wildman–Crippen LogP) is 3.33. The summed E-state index contributed by atoms with van der Waals surface area (Å²) in [6.45, 7) is 6.75. The molecule has 2 N–H and O–H groups in total. The number of aromatic nitrogens is 1. The summed E-state index contributed by atoms with van der Waals surface area (Å²) in [6, 6.07) is 6.73. The van der Waals surface area contributed by atoms with E-state index in [0.29, 0.717) is 0 Å². The van der Waals surface area contributed by atoms with Crippen molar-refractivity contribution in [3.05, 3.63) is 35.0 Å². The van der Waals surface area contributed by atoms with Gasteiger partial charge in [0.2, 0.25) is 0 Å². The van der Waals surface area contributed by atoms with Gasteiger partial charge in [-0.3, -0.25) is 0 Å². The smallest absolute Gasteiger partial charge is 0.0491 e. The van der Waals surface area contributed by atoms with Crippen LogP contribution in [0.4, 0.5) is 0 Å². The maximum Gasteiger partial charge on any atom is 0.0491 e. The van der Waals surface area contributed by atoms with Gasteiger partial charge in [0.15, 0.2) is 0 Å². The zero-order chi connectivity index (χ0) is 12.5. The van der Waals surface area contributed by atoms with Gasteiger partial charge >= 0.3 is 0 Å². The van der Waals surface area contributed by atoms with E-state index in [2.05, 4.69) is 42.3 Å². The molecule has 2 nitrogen and oxygen atoms in total. The lowest BCUT2D eigenvalue weighted by molar-refractivity contribution is 0.373. The largest absolute Gasteiger partial charge is 0.358 e. The van der Waals surface area contributed by atoms with E-state index < -0.39 is 0 Å². The highest BCUT2D eigenvalue weighted by Gasteiger charge is 2.16. The number of piperidine rings is 1. The topological polar surface area (TPSA) is 27.8 Å². The number of rotatable bonds is 2. The molecule has 0 unspecified atom stereocenters. The maximum atomic E-state index is 3.57. The van der Waals surface area contributed by atoms with Crippen LogP contribution in [-0.4, -0.2) is 18.1 Å². The van der Waals surface area contributed by atoms with Crippen LogP contribution in [0.1, 0.15) is 29.7 Å². The number of aryl methyl sites for hydroxylation is 2. The molecule has 0 amide bonds. The van der Waals surface area contributed by atoms with Crippen LogP contribution in [-0.2, 0) is 6.42 Å². The van der Waals surface area contributed by atoms with Gasteiger partial charge in [-0.05, 0) is 63.2 Å². The minimum absolute atomic E-state index is 0.848. The number of benzene rings is 1. The minimum Gasteiger partial charge on any atom is -0.358 e. The highest BCUT2D eigenvalue weighted by Crippen LogP contribution is 2.27. The maximum absolute atomic E-state index is 3.57. The zero-order valence-corrected chi connectivity index (χ0v) is 11.3. The fraction of sp³-hybridized carbons (Fsp3) is 0.500. The molecule has 0 spiro atoms. The fourth-order valence-corrected chi connectivity index (χ4v) is 3.11. The summed E-state index contributed by atoms with van der Waals surface area (Å²) in [5.74, 6) is 0.848. The molecular weight excluding hydrogens is 220 g/mol. The van der Waals surface area contributed by atoms with Crippen molar-refractivity contribution in [2.75, 3.05) is 13.1 Å². The van der Waals surface area contributed by atoms with Gasteiger partial charge in [-0.25, -0.2) is 0 Å². The second kappa shape index (κ2) is 4.77. The average molecular weight is 242 g/mol. The summed E-state index contributed by atoms with van der Waals surface area (Å²) in [7, 11) is 0. The third-order valence-corrected chi connectivity index (χ3v) is 4.40. The van der Waals surface area contributed by atoms with E-state index in [9.17, 15) is 0 Å². The van der Waals surface area contributed by atoms with Crippen LogP contribution < -0.4 is 5.32 Å². The summed E-state index contributed by atoms with van der Waals surface area (Å²) in [5.41, 5.74) is 5.57. The molecule has 1 aromatic heterocycles. The third-order valence-electron chi connectivity index (χ3n) is 4.40. The van der Waals surface area contributed by atoms with Crippen molar-refractivity contribution in [3.63, 3.8) is 0 Å². The molecule has 2 heterocycles. The van der Waals surface area contributed by atoms with Gasteiger partial charge in [0.1, 0.15) is 0 Å². The van der Waals surface area contributed by atoms with E-state index in [1.807, 2.05) is 0 Å². The Balaban J connectivity index is 1.93. The lowest BCUT2D eigenvalue weighted by atomic mass is 9.90. The summed E-state index contributed by atoms with van der Waals surface area (Å²) in [5, 5.41) is 4.84. The third kappa shape index (κ3) is 2.05. The van der Waals surface area contributed by atoms with Crippen LogP contribution in [0, 0.1) is 19.8 Å². The Morgan fingerprint density at radius 3 is 2.72 bits per heavy atom. The lowest BCUT2D eigenvalue weighted by Crippen LogP contribution is -2.28. The molecule has 2 aromatic rings. The van der Waals surface area contributed by atoms with Gasteiger partial charge in [0, 0.05) is 16.6 Å². The molecule has 1 aromatic carbocycles. The SMILES string of the molecule is Cc1[nH]c2c(CC3CCNCC3)cccc2c1C. The lowest BCUT2D eigenvalue weighted by Gasteiger charge is -2.22. The Bertz CT molecular complexity index is 547. The van der Waals surface area contributed by atoms with Crippen molar-refractivity contribution < 1.29 is 0 Å². The highest BCUT2D eigenvalue weighted by atomic mass is 14.9. The van der Waals surface area contributed by atoms with Gasteiger partial charge in [-0.2, -0.15) is 0 Å². The van der Waals surface area contributed by atoms with Gasteiger partial charge < -0.3 is 10.3 Å². The standard InChI is InChI=1S/C16H22N2/c1-11-12(2)18-16-14(4-3-5-15(11)16)10-13-6-8-17-9-7-13/h3-5,13,17-18H,6-10H2,1-2H3. The van der Waals surface area contributed by atoms with Gasteiger partial charge in [-0.15, -0.1) is 0 Å². The molecule has 0 radical (unpaired) electrons. The van der Waals surface area contributed by atoms with Crippen molar-refractivity contribution >= 4 is 10.9 Å². The Morgan fingerprint density at radius 1 is 1.17 bits per heavy atom. The number of hydrogen-bond acceptors (Lipinski definition) is 1. The van der Waals surface area contributed by atoms with Crippen molar-refractivity contribution in [2.24, 2.45) is 5.92 Å². The monoisotopic (exact) mass is 242 g/mol. The second-order valence-corrected chi connectivity index (χ2v) is 5.61. The van der Waals surface area contributed by atoms with Crippen LogP contribution in [0.15, 0.2) is 18.2 Å². The van der Waals surface area contributed by atoms with Crippen molar-refractivity contribution in [1.82, 2.24) is 10.3 Å². The second-order valence-electron chi connectivity index (χ2n) is 5.61. The Kier molecular flexibility index (Phi) is 3.13. The first-order chi connectivity index (χ1) is 8.75. The molecule has 1 fully saturated rings. The minimum atomic E-state index is 0.848. The van der Waals surface area contributed by atoms with E-state index in [0.717, 1.165) is 5.92 Å². The van der Waals surface area contributed by atoms with Crippen LogP contribution >= 0.6 is 0 Å². The number of aromatic amines is 1. The van der Waals surface area contributed by atoms with Crippen LogP contribution in [0.5, 0.6) is 0 Å². The van der Waals surface area contributed by atoms with Crippen molar-refractivity contribution in [2.45, 2.75) is 33.1 Å². The first kappa shape index (κ1) is 11.8. The van der Waals surface area contributed by atoms with Crippen molar-refractivity contribution in [3.8, 4) is 0 Å². The van der Waals surface area contributed by atoms with Gasteiger partial charge in [0.25, 0.3) is 0 Å². The molecule has 0 bridgehead atoms. The molecule has 0 atom stereocenters. The Hall–Kier alpha value is -1.28. The summed E-state index contributed by atoms with van der Waals surface area (Å²) < 4.78 is 0.